The number of benzene rings is 2. The normalized spacial score (nSPS) is 12.8. The number of nitriles is 1. The van der Waals surface area contributed by atoms with E-state index in [0.717, 1.165) is 16.0 Å². The van der Waals surface area contributed by atoms with E-state index in [1.807, 2.05) is 0 Å². The fraction of sp³-hybridized carbons (Fsp3) is 0.105. The number of nitrogens with two attached hydrogens (primary N) is 2. The highest BCUT2D eigenvalue weighted by Crippen LogP contribution is 2.38. The van der Waals surface area contributed by atoms with E-state index in [1.165, 1.54) is 0 Å². The average molecular weight is 453 g/mol. The molecule has 0 unspecified atom stereocenters. The zero-order chi connectivity index (χ0) is 23.7. The van der Waals surface area contributed by atoms with Gasteiger partial charge in [0.05, 0.1) is 16.8 Å². The molecule has 0 radical (unpaired) electrons. The minimum absolute atomic E-state index is 0.00346. The zero-order valence-electron chi connectivity index (χ0n) is 15.9. The van der Waals surface area contributed by atoms with Crippen LogP contribution in [0.4, 0.5) is 32.0 Å². The van der Waals surface area contributed by atoms with Gasteiger partial charge in [-0.05, 0) is 30.3 Å². The summed E-state index contributed by atoms with van der Waals surface area (Å²) in [6.45, 7) is 0. The van der Waals surface area contributed by atoms with Crippen LogP contribution in [0, 0.1) is 11.3 Å². The SMILES string of the molecule is N#C/C(N)=C(/N(N)c1ccccc1)n1cnc(-c2cc(C(F)(F)F)cc(C(F)(F)F)c2)n1. The van der Waals surface area contributed by atoms with E-state index in [2.05, 4.69) is 10.1 Å². The van der Waals surface area contributed by atoms with Crippen LogP contribution in [0.15, 0.2) is 60.6 Å². The molecule has 0 fully saturated rings. The fourth-order valence-corrected chi connectivity index (χ4v) is 2.71. The van der Waals surface area contributed by atoms with Crippen LogP contribution in [0.1, 0.15) is 11.1 Å². The van der Waals surface area contributed by atoms with Crippen LogP contribution in [-0.4, -0.2) is 14.8 Å². The maximum absolute atomic E-state index is 13.1. The Morgan fingerprint density at radius 3 is 2.03 bits per heavy atom. The smallest absolute Gasteiger partial charge is 0.387 e. The molecule has 0 aliphatic heterocycles. The molecule has 0 amide bonds. The number of hydrazine groups is 1. The summed E-state index contributed by atoms with van der Waals surface area (Å²) < 4.78 is 79.7. The lowest BCUT2D eigenvalue weighted by molar-refractivity contribution is -0.143. The second-order valence-corrected chi connectivity index (χ2v) is 6.36. The Morgan fingerprint density at radius 1 is 0.969 bits per heavy atom. The molecule has 3 aromatic rings. The maximum Gasteiger partial charge on any atom is 0.416 e. The van der Waals surface area contributed by atoms with Gasteiger partial charge in [0, 0.05) is 5.56 Å². The first-order valence-electron chi connectivity index (χ1n) is 8.63. The molecule has 1 aromatic heterocycles. The van der Waals surface area contributed by atoms with Gasteiger partial charge in [-0.1, -0.05) is 18.2 Å². The number of nitrogens with zero attached hydrogens (tertiary/aromatic N) is 5. The molecule has 32 heavy (non-hydrogen) atoms. The van der Waals surface area contributed by atoms with Crippen LogP contribution >= 0.6 is 0 Å². The summed E-state index contributed by atoms with van der Waals surface area (Å²) in [4.78, 5) is 3.78. The van der Waals surface area contributed by atoms with E-state index in [1.54, 1.807) is 36.4 Å². The third-order valence-electron chi connectivity index (χ3n) is 4.18. The molecule has 0 aliphatic rings. The lowest BCUT2D eigenvalue weighted by Gasteiger charge is -2.21. The predicted octanol–water partition coefficient (Wildman–Crippen LogP) is 3.97. The van der Waals surface area contributed by atoms with Crippen LogP contribution < -0.4 is 16.6 Å². The summed E-state index contributed by atoms with van der Waals surface area (Å²) >= 11 is 0. The molecule has 166 valence electrons. The van der Waals surface area contributed by atoms with E-state index >= 15 is 0 Å². The lowest BCUT2D eigenvalue weighted by atomic mass is 10.0. The quantitative estimate of drug-likeness (QED) is 0.268. The molecule has 0 aliphatic carbocycles. The highest BCUT2D eigenvalue weighted by Gasteiger charge is 2.37. The van der Waals surface area contributed by atoms with Crippen molar-refractivity contribution in [2.24, 2.45) is 11.6 Å². The molecule has 2 aromatic carbocycles. The Hall–Kier alpha value is -4.05. The molecule has 1 heterocycles. The summed E-state index contributed by atoms with van der Waals surface area (Å²) in [6, 6.07) is 10.8. The number of rotatable bonds is 4. The molecule has 0 bridgehead atoms. The summed E-state index contributed by atoms with van der Waals surface area (Å²) in [5.41, 5.74) is 2.08. The molecule has 0 saturated carbocycles. The molecule has 0 atom stereocenters. The van der Waals surface area contributed by atoms with Gasteiger partial charge in [-0.15, -0.1) is 5.10 Å². The molecule has 4 N–H and O–H groups in total. The van der Waals surface area contributed by atoms with Gasteiger partial charge in [0.25, 0.3) is 0 Å². The number of allylic oxidation sites excluding steroid dienone is 1. The van der Waals surface area contributed by atoms with Crippen molar-refractivity contribution in [1.82, 2.24) is 14.8 Å². The predicted molar refractivity (Wildman–Crippen MR) is 102 cm³/mol. The van der Waals surface area contributed by atoms with Crippen molar-refractivity contribution >= 4 is 11.5 Å². The van der Waals surface area contributed by atoms with Gasteiger partial charge < -0.3 is 5.73 Å². The van der Waals surface area contributed by atoms with Crippen molar-refractivity contribution < 1.29 is 26.3 Å². The molecular formula is C19H13F6N7. The first kappa shape index (κ1) is 22.6. The van der Waals surface area contributed by atoms with Crippen molar-refractivity contribution in [3.63, 3.8) is 0 Å². The summed E-state index contributed by atoms with van der Waals surface area (Å²) in [6.07, 6.45) is -9.10. The fourth-order valence-electron chi connectivity index (χ4n) is 2.71. The number of halogens is 6. The van der Waals surface area contributed by atoms with Crippen molar-refractivity contribution in [3.05, 3.63) is 71.7 Å². The van der Waals surface area contributed by atoms with Crippen LogP contribution in [0.5, 0.6) is 0 Å². The van der Waals surface area contributed by atoms with Crippen LogP contribution in [0.2, 0.25) is 0 Å². The number of alkyl halides is 6. The number of hydrogen-bond donors (Lipinski definition) is 2. The highest BCUT2D eigenvalue weighted by molar-refractivity contribution is 5.70. The van der Waals surface area contributed by atoms with Crippen LogP contribution in [0.25, 0.3) is 17.2 Å². The monoisotopic (exact) mass is 453 g/mol. The first-order chi connectivity index (χ1) is 14.9. The maximum atomic E-state index is 13.1. The standard InChI is InChI=1S/C19H13F6N7/c20-18(21,22)12-6-11(7-13(8-12)19(23,24)25)16-29-10-31(30-16)17(15(27)9-26)32(28)14-4-2-1-3-5-14/h1-8,10H,27-28H2/b17-15-. The number of hydrogen-bond acceptors (Lipinski definition) is 6. The molecular weight excluding hydrogens is 440 g/mol. The van der Waals surface area contributed by atoms with Gasteiger partial charge in [0.2, 0.25) is 0 Å². The Bertz CT molecular complexity index is 1160. The van der Waals surface area contributed by atoms with E-state index in [9.17, 15) is 31.6 Å². The third kappa shape index (κ3) is 4.65. The number of para-hydroxylation sites is 1. The van der Waals surface area contributed by atoms with Gasteiger partial charge in [0.15, 0.2) is 17.3 Å². The van der Waals surface area contributed by atoms with E-state index in [-0.39, 0.29) is 11.9 Å². The molecule has 0 saturated heterocycles. The van der Waals surface area contributed by atoms with Crippen molar-refractivity contribution in [2.75, 3.05) is 5.01 Å². The molecule has 13 heteroatoms. The largest absolute Gasteiger partial charge is 0.416 e. The summed E-state index contributed by atoms with van der Waals surface area (Å²) in [7, 11) is 0. The Morgan fingerprint density at radius 2 is 1.53 bits per heavy atom. The van der Waals surface area contributed by atoms with Gasteiger partial charge >= 0.3 is 12.4 Å². The summed E-state index contributed by atoms with van der Waals surface area (Å²) in [5.74, 6) is 5.34. The van der Waals surface area contributed by atoms with E-state index in [4.69, 9.17) is 11.6 Å². The second-order valence-electron chi connectivity index (χ2n) is 6.36. The number of aromatic nitrogens is 3. The van der Waals surface area contributed by atoms with Gasteiger partial charge in [-0.3, -0.25) is 5.01 Å². The summed E-state index contributed by atoms with van der Waals surface area (Å²) in [5, 5.41) is 14.1. The topological polar surface area (TPSA) is 110 Å². The zero-order valence-corrected chi connectivity index (χ0v) is 15.9. The number of anilines is 1. The Balaban J connectivity index is 2.12. The minimum Gasteiger partial charge on any atom is -0.387 e. The first-order valence-corrected chi connectivity index (χ1v) is 8.63. The van der Waals surface area contributed by atoms with E-state index in [0.29, 0.717) is 17.8 Å². The Kier molecular flexibility index (Phi) is 5.82. The average Bonchev–Trinajstić information content (AvgIpc) is 3.22. The Labute approximate surface area is 176 Å². The second kappa shape index (κ2) is 8.23. The third-order valence-corrected chi connectivity index (χ3v) is 4.18. The van der Waals surface area contributed by atoms with Gasteiger partial charge in [-0.25, -0.2) is 10.8 Å². The van der Waals surface area contributed by atoms with E-state index < -0.39 is 40.6 Å². The van der Waals surface area contributed by atoms with Crippen molar-refractivity contribution in [3.8, 4) is 17.5 Å². The van der Waals surface area contributed by atoms with Gasteiger partial charge in [-0.2, -0.15) is 36.3 Å². The minimum atomic E-state index is -5.03. The van der Waals surface area contributed by atoms with Crippen molar-refractivity contribution in [2.45, 2.75) is 12.4 Å². The van der Waals surface area contributed by atoms with Crippen LogP contribution in [-0.2, 0) is 12.4 Å². The lowest BCUT2D eigenvalue weighted by Crippen LogP contribution is -2.34. The molecule has 7 nitrogen and oxygen atoms in total. The highest BCUT2D eigenvalue weighted by atomic mass is 19.4. The van der Waals surface area contributed by atoms with Gasteiger partial charge in [0.1, 0.15) is 12.4 Å². The van der Waals surface area contributed by atoms with Crippen molar-refractivity contribution in [1.29, 1.82) is 5.26 Å². The molecule has 3 rings (SSSR count). The van der Waals surface area contributed by atoms with Crippen LogP contribution in [0.3, 0.4) is 0 Å². The molecule has 0 spiro atoms.